The van der Waals surface area contributed by atoms with Crippen LogP contribution in [0.1, 0.15) is 51.8 Å². The molecule has 46 heavy (non-hydrogen) atoms. The van der Waals surface area contributed by atoms with Gasteiger partial charge < -0.3 is 25.7 Å². The molecule has 238 valence electrons. The van der Waals surface area contributed by atoms with Crippen molar-refractivity contribution in [3.05, 3.63) is 118 Å². The molecule has 4 aromatic rings. The maximum absolute atomic E-state index is 13.9. The summed E-state index contributed by atoms with van der Waals surface area (Å²) in [7, 11) is 1.23. The molecule has 2 unspecified atom stereocenters. The Labute approximate surface area is 270 Å². The number of ether oxygens (including phenoxy) is 1. The van der Waals surface area contributed by atoms with Gasteiger partial charge in [0, 0.05) is 55.3 Å². The Kier molecular flexibility index (Phi) is 10.2. The zero-order valence-corrected chi connectivity index (χ0v) is 25.8. The Morgan fingerprint density at radius 2 is 1.59 bits per heavy atom. The van der Waals surface area contributed by atoms with Gasteiger partial charge in [0.15, 0.2) is 6.04 Å². The summed E-state index contributed by atoms with van der Waals surface area (Å²) >= 11 is 6.09. The van der Waals surface area contributed by atoms with E-state index < -0.39 is 29.8 Å². The number of hydrogen-bond donors (Lipinski definition) is 3. The van der Waals surface area contributed by atoms with Gasteiger partial charge in [-0.25, -0.2) is 18.6 Å². The Bertz CT molecular complexity index is 1670. The molecule has 1 aliphatic heterocycles. The van der Waals surface area contributed by atoms with E-state index in [1.165, 1.54) is 13.3 Å². The largest absolute Gasteiger partial charge is 0.467 e. The summed E-state index contributed by atoms with van der Waals surface area (Å²) in [5.41, 5.74) is 2.37. The van der Waals surface area contributed by atoms with Gasteiger partial charge in [-0.05, 0) is 28.8 Å². The summed E-state index contributed by atoms with van der Waals surface area (Å²) in [5.74, 6) is -4.24. The Morgan fingerprint density at radius 1 is 0.978 bits per heavy atom. The van der Waals surface area contributed by atoms with Gasteiger partial charge >= 0.3 is 5.97 Å². The molecule has 1 aromatic heterocycles. The third kappa shape index (κ3) is 7.84. The number of carbonyl (C=O) groups excluding carboxylic acids is 2. The second kappa shape index (κ2) is 14.5. The van der Waals surface area contributed by atoms with Crippen LogP contribution in [0.4, 0.5) is 20.5 Å². The molecule has 12 heteroatoms. The summed E-state index contributed by atoms with van der Waals surface area (Å²) in [6.45, 7) is 0.244. The van der Waals surface area contributed by atoms with Crippen LogP contribution in [0.5, 0.6) is 0 Å². The third-order valence-corrected chi connectivity index (χ3v) is 8.07. The average molecular weight is 647 g/mol. The van der Waals surface area contributed by atoms with Crippen LogP contribution in [0.15, 0.2) is 91.1 Å². The van der Waals surface area contributed by atoms with Crippen LogP contribution in [0.3, 0.4) is 0 Å². The number of amides is 1. The van der Waals surface area contributed by atoms with Gasteiger partial charge in [-0.1, -0.05) is 84.4 Å². The smallest absolute Gasteiger partial charge is 0.333 e. The predicted molar refractivity (Wildman–Crippen MR) is 173 cm³/mol. The molecule has 2 heterocycles. The van der Waals surface area contributed by atoms with Crippen molar-refractivity contribution in [3.8, 4) is 0 Å². The molecule has 0 aliphatic carbocycles. The summed E-state index contributed by atoms with van der Waals surface area (Å²) in [6.07, 6.45) is 0.634. The summed E-state index contributed by atoms with van der Waals surface area (Å²) in [4.78, 5) is 37.0. The number of benzene rings is 3. The number of nitrogens with zero attached hydrogens (tertiary/aromatic N) is 3. The minimum absolute atomic E-state index is 0.0285. The van der Waals surface area contributed by atoms with Gasteiger partial charge in [0.25, 0.3) is 11.8 Å². The first-order valence-corrected chi connectivity index (χ1v) is 15.1. The highest BCUT2D eigenvalue weighted by Crippen LogP contribution is 2.30. The summed E-state index contributed by atoms with van der Waals surface area (Å²) in [5, 5.41) is 15.6. The molecule has 1 aliphatic rings. The summed E-state index contributed by atoms with van der Waals surface area (Å²) < 4.78 is 32.8. The number of nitrogens with one attached hydrogen (secondary N) is 3. The maximum atomic E-state index is 13.9. The maximum Gasteiger partial charge on any atom is 0.333 e. The number of carbonyl (C=O) groups is 2. The topological polar surface area (TPSA) is 120 Å². The van der Waals surface area contributed by atoms with Crippen molar-refractivity contribution in [1.29, 1.82) is 5.41 Å². The van der Waals surface area contributed by atoms with Gasteiger partial charge in [-0.2, -0.15) is 4.98 Å². The molecule has 1 amide bonds. The van der Waals surface area contributed by atoms with Gasteiger partial charge in [0.2, 0.25) is 5.95 Å². The highest BCUT2D eigenvalue weighted by Gasteiger charge is 2.35. The van der Waals surface area contributed by atoms with Crippen LogP contribution in [0.25, 0.3) is 0 Å². The van der Waals surface area contributed by atoms with Crippen LogP contribution in [0, 0.1) is 5.41 Å². The zero-order chi connectivity index (χ0) is 32.7. The van der Waals surface area contributed by atoms with E-state index in [4.69, 9.17) is 21.7 Å². The van der Waals surface area contributed by atoms with Gasteiger partial charge in [0.05, 0.1) is 7.11 Å². The standard InChI is InChI=1S/C34H33ClF2N6O3/c1-46-32(45)29(24-10-6-3-7-11-24)41-31(44)27-21-40-33(43-18-16-34(36,37)17-19-43)42-30(27)39-20-26(22-8-4-2-5-9-22)28(38)23-12-14-25(35)15-13-23/h2-15,21,26,29,38H,16-20H2,1H3,(H,41,44)(H,39,40,42). The fraction of sp³-hybridized carbons (Fsp3) is 0.265. The molecule has 1 fully saturated rings. The monoisotopic (exact) mass is 646 g/mol. The van der Waals surface area contributed by atoms with Crippen LogP contribution in [0.2, 0.25) is 5.02 Å². The van der Waals surface area contributed by atoms with Gasteiger partial charge in [0.1, 0.15) is 11.4 Å². The molecular weight excluding hydrogens is 614 g/mol. The van der Waals surface area contributed by atoms with Gasteiger partial charge in [-0.3, -0.25) is 4.79 Å². The fourth-order valence-corrected chi connectivity index (χ4v) is 5.34. The van der Waals surface area contributed by atoms with E-state index in [9.17, 15) is 18.4 Å². The average Bonchev–Trinajstić information content (AvgIpc) is 3.08. The lowest BCUT2D eigenvalue weighted by Gasteiger charge is -2.32. The lowest BCUT2D eigenvalue weighted by atomic mass is 9.90. The highest BCUT2D eigenvalue weighted by atomic mass is 35.5. The van der Waals surface area contributed by atoms with Gasteiger partial charge in [-0.15, -0.1) is 0 Å². The van der Waals surface area contributed by atoms with Crippen LogP contribution < -0.4 is 15.5 Å². The number of hydrogen-bond acceptors (Lipinski definition) is 8. The first-order chi connectivity index (χ1) is 22.1. The van der Waals surface area contributed by atoms with E-state index in [1.807, 2.05) is 30.3 Å². The first kappa shape index (κ1) is 32.5. The third-order valence-electron chi connectivity index (χ3n) is 7.82. The predicted octanol–water partition coefficient (Wildman–Crippen LogP) is 6.27. The van der Waals surface area contributed by atoms with Crippen molar-refractivity contribution in [1.82, 2.24) is 15.3 Å². The van der Waals surface area contributed by atoms with Crippen LogP contribution in [-0.2, 0) is 9.53 Å². The molecule has 0 bridgehead atoms. The van der Waals surface area contributed by atoms with Crippen molar-refractivity contribution in [2.75, 3.05) is 37.0 Å². The molecule has 1 saturated heterocycles. The Balaban J connectivity index is 1.48. The number of esters is 1. The minimum Gasteiger partial charge on any atom is -0.467 e. The van der Waals surface area contributed by atoms with Crippen molar-refractivity contribution >= 4 is 41.0 Å². The molecular formula is C34H33ClF2N6O3. The highest BCUT2D eigenvalue weighted by molar-refractivity contribution is 6.30. The second-order valence-corrected chi connectivity index (χ2v) is 11.3. The lowest BCUT2D eigenvalue weighted by molar-refractivity contribution is -0.143. The van der Waals surface area contributed by atoms with E-state index in [2.05, 4.69) is 20.6 Å². The summed E-state index contributed by atoms with van der Waals surface area (Å²) in [6, 6.07) is 24.0. The fourth-order valence-electron chi connectivity index (χ4n) is 5.21. The molecule has 0 spiro atoms. The van der Waals surface area contributed by atoms with E-state index in [0.717, 1.165) is 5.56 Å². The zero-order valence-electron chi connectivity index (χ0n) is 25.1. The van der Waals surface area contributed by atoms with E-state index in [-0.39, 0.29) is 49.8 Å². The number of rotatable bonds is 11. The molecule has 5 rings (SSSR count). The Hall–Kier alpha value is -4.90. The van der Waals surface area contributed by atoms with Crippen molar-refractivity contribution in [2.24, 2.45) is 0 Å². The number of anilines is 2. The van der Waals surface area contributed by atoms with Crippen molar-refractivity contribution in [3.63, 3.8) is 0 Å². The SMILES string of the molecule is COC(=O)C(NC(=O)c1cnc(N2CCC(F)(F)CC2)nc1NCC(C(=N)c1ccc(Cl)cc1)c1ccccc1)c1ccccc1. The van der Waals surface area contributed by atoms with E-state index in [1.54, 1.807) is 59.5 Å². The number of piperidine rings is 1. The molecule has 0 saturated carbocycles. The van der Waals surface area contributed by atoms with Crippen LogP contribution in [-0.4, -0.2) is 60.2 Å². The second-order valence-electron chi connectivity index (χ2n) is 10.9. The first-order valence-electron chi connectivity index (χ1n) is 14.7. The lowest BCUT2D eigenvalue weighted by Crippen LogP contribution is -2.40. The number of alkyl halides is 2. The molecule has 3 aromatic carbocycles. The van der Waals surface area contributed by atoms with E-state index >= 15 is 0 Å². The molecule has 9 nitrogen and oxygen atoms in total. The normalized spacial score (nSPS) is 15.3. The van der Waals surface area contributed by atoms with Crippen molar-refractivity contribution in [2.45, 2.75) is 30.7 Å². The Morgan fingerprint density at radius 3 is 2.20 bits per heavy atom. The van der Waals surface area contributed by atoms with Crippen LogP contribution >= 0.6 is 11.6 Å². The van der Waals surface area contributed by atoms with Crippen molar-refractivity contribution < 1.29 is 23.1 Å². The number of halogens is 3. The van der Waals surface area contributed by atoms with E-state index in [0.29, 0.717) is 21.9 Å². The molecule has 0 radical (unpaired) electrons. The molecule has 2 atom stereocenters. The quantitative estimate of drug-likeness (QED) is 0.130. The number of aromatic nitrogens is 2. The minimum atomic E-state index is -2.76. The number of methoxy groups -OCH3 is 1. The molecule has 3 N–H and O–H groups in total.